The number of hydrogen-bond acceptors (Lipinski definition) is 1. The molecule has 0 aliphatic carbocycles. The standard InChI is InChI=1S/C17H18O/c1-11-9-12(2)15(13(3)10-11)17-16(18-17)14-7-5-4-6-8-14/h4-10,16-17H,1-3H3/t16-,17-/m0/s1. The summed E-state index contributed by atoms with van der Waals surface area (Å²) in [7, 11) is 0. The van der Waals surface area contributed by atoms with Gasteiger partial charge in [-0.25, -0.2) is 0 Å². The molecule has 18 heavy (non-hydrogen) atoms. The molecule has 0 radical (unpaired) electrons. The number of benzene rings is 2. The third-order valence-corrected chi connectivity index (χ3v) is 3.64. The average molecular weight is 238 g/mol. The monoisotopic (exact) mass is 238 g/mol. The number of rotatable bonds is 2. The first-order valence-corrected chi connectivity index (χ1v) is 6.45. The summed E-state index contributed by atoms with van der Waals surface area (Å²) in [5.41, 5.74) is 6.66. The van der Waals surface area contributed by atoms with Crippen molar-refractivity contribution in [2.24, 2.45) is 0 Å². The van der Waals surface area contributed by atoms with Gasteiger partial charge >= 0.3 is 0 Å². The molecule has 1 heteroatoms. The van der Waals surface area contributed by atoms with Gasteiger partial charge in [-0.1, -0.05) is 48.0 Å². The fourth-order valence-electron chi connectivity index (χ4n) is 2.87. The second kappa shape index (κ2) is 4.25. The quantitative estimate of drug-likeness (QED) is 0.705. The third-order valence-electron chi connectivity index (χ3n) is 3.64. The van der Waals surface area contributed by atoms with Gasteiger partial charge in [0.2, 0.25) is 0 Å². The van der Waals surface area contributed by atoms with Crippen LogP contribution in [0.1, 0.15) is 40.0 Å². The zero-order valence-electron chi connectivity index (χ0n) is 11.1. The Bertz CT molecular complexity index is 548. The van der Waals surface area contributed by atoms with Crippen LogP contribution in [0.4, 0.5) is 0 Å². The van der Waals surface area contributed by atoms with Crippen LogP contribution in [0.3, 0.4) is 0 Å². The van der Waals surface area contributed by atoms with Crippen molar-refractivity contribution in [3.63, 3.8) is 0 Å². The van der Waals surface area contributed by atoms with Crippen molar-refractivity contribution in [2.75, 3.05) is 0 Å². The summed E-state index contributed by atoms with van der Waals surface area (Å²) >= 11 is 0. The minimum Gasteiger partial charge on any atom is -0.359 e. The predicted octanol–water partition coefficient (Wildman–Crippen LogP) is 4.42. The van der Waals surface area contributed by atoms with E-state index >= 15 is 0 Å². The van der Waals surface area contributed by atoms with Crippen molar-refractivity contribution in [1.29, 1.82) is 0 Å². The molecule has 1 fully saturated rings. The SMILES string of the molecule is Cc1cc(C)c([C@@H]2O[C@H]2c2ccccc2)c(C)c1. The maximum atomic E-state index is 5.89. The zero-order valence-corrected chi connectivity index (χ0v) is 11.1. The molecule has 1 aliphatic rings. The van der Waals surface area contributed by atoms with Gasteiger partial charge in [0.25, 0.3) is 0 Å². The summed E-state index contributed by atoms with van der Waals surface area (Å²) in [6.45, 7) is 6.50. The summed E-state index contributed by atoms with van der Waals surface area (Å²) in [6, 6.07) is 15.0. The molecule has 1 heterocycles. The van der Waals surface area contributed by atoms with Crippen molar-refractivity contribution in [1.82, 2.24) is 0 Å². The lowest BCUT2D eigenvalue weighted by atomic mass is 9.94. The van der Waals surface area contributed by atoms with Crippen LogP contribution < -0.4 is 0 Å². The molecule has 2 aromatic rings. The molecule has 0 bridgehead atoms. The molecule has 0 unspecified atom stereocenters. The van der Waals surface area contributed by atoms with Crippen LogP contribution in [0.5, 0.6) is 0 Å². The molecule has 0 aromatic heterocycles. The van der Waals surface area contributed by atoms with Gasteiger partial charge in [-0.15, -0.1) is 0 Å². The molecule has 0 saturated carbocycles. The van der Waals surface area contributed by atoms with Gasteiger partial charge < -0.3 is 4.74 Å². The highest BCUT2D eigenvalue weighted by Gasteiger charge is 2.42. The highest BCUT2D eigenvalue weighted by molar-refractivity contribution is 5.42. The van der Waals surface area contributed by atoms with Crippen LogP contribution in [-0.2, 0) is 4.74 Å². The van der Waals surface area contributed by atoms with Crippen molar-refractivity contribution in [3.8, 4) is 0 Å². The third kappa shape index (κ3) is 1.95. The van der Waals surface area contributed by atoms with E-state index in [2.05, 4.69) is 57.2 Å². The maximum absolute atomic E-state index is 5.89. The molecular formula is C17H18O. The Balaban J connectivity index is 1.91. The summed E-state index contributed by atoms with van der Waals surface area (Å²) in [6.07, 6.45) is 0.485. The smallest absolute Gasteiger partial charge is 0.114 e. The van der Waals surface area contributed by atoms with Gasteiger partial charge in [0, 0.05) is 0 Å². The maximum Gasteiger partial charge on any atom is 0.114 e. The van der Waals surface area contributed by atoms with Gasteiger partial charge in [0.1, 0.15) is 12.2 Å². The van der Waals surface area contributed by atoms with Crippen LogP contribution >= 0.6 is 0 Å². The van der Waals surface area contributed by atoms with Gasteiger partial charge in [-0.2, -0.15) is 0 Å². The number of epoxide rings is 1. The number of aryl methyl sites for hydroxylation is 3. The Hall–Kier alpha value is -1.60. The van der Waals surface area contributed by atoms with Crippen LogP contribution in [0.2, 0.25) is 0 Å². The van der Waals surface area contributed by atoms with Gasteiger partial charge in [-0.05, 0) is 43.0 Å². The first kappa shape index (κ1) is 11.5. The van der Waals surface area contributed by atoms with Crippen molar-refractivity contribution in [3.05, 3.63) is 70.3 Å². The van der Waals surface area contributed by atoms with Crippen LogP contribution in [0.25, 0.3) is 0 Å². The molecule has 1 nitrogen and oxygen atoms in total. The summed E-state index contributed by atoms with van der Waals surface area (Å²) in [5.74, 6) is 0. The fraction of sp³-hybridized carbons (Fsp3) is 0.294. The predicted molar refractivity (Wildman–Crippen MR) is 73.7 cm³/mol. The highest BCUT2D eigenvalue weighted by atomic mass is 16.6. The average Bonchev–Trinajstić information content (AvgIpc) is 3.09. The minimum absolute atomic E-state index is 0.242. The minimum atomic E-state index is 0.242. The van der Waals surface area contributed by atoms with E-state index in [1.807, 2.05) is 6.07 Å². The normalized spacial score (nSPS) is 21.9. The molecule has 92 valence electrons. The van der Waals surface area contributed by atoms with Crippen LogP contribution in [0, 0.1) is 20.8 Å². The molecule has 3 rings (SSSR count). The molecular weight excluding hydrogens is 220 g/mol. The summed E-state index contributed by atoms with van der Waals surface area (Å²) in [4.78, 5) is 0. The zero-order chi connectivity index (χ0) is 12.7. The molecule has 0 amide bonds. The van der Waals surface area contributed by atoms with E-state index in [0.29, 0.717) is 0 Å². The Kier molecular flexibility index (Phi) is 2.71. The second-order valence-electron chi connectivity index (χ2n) is 5.20. The van der Waals surface area contributed by atoms with Crippen LogP contribution in [0.15, 0.2) is 42.5 Å². The van der Waals surface area contributed by atoms with E-state index in [1.165, 1.54) is 27.8 Å². The van der Waals surface area contributed by atoms with E-state index in [4.69, 9.17) is 4.74 Å². The largest absolute Gasteiger partial charge is 0.359 e. The van der Waals surface area contributed by atoms with Gasteiger partial charge in [0.05, 0.1) is 0 Å². The van der Waals surface area contributed by atoms with E-state index in [0.717, 1.165) is 0 Å². The molecule has 2 atom stereocenters. The van der Waals surface area contributed by atoms with Crippen LogP contribution in [-0.4, -0.2) is 0 Å². The summed E-state index contributed by atoms with van der Waals surface area (Å²) < 4.78 is 5.89. The number of ether oxygens (including phenoxy) is 1. The van der Waals surface area contributed by atoms with E-state index in [9.17, 15) is 0 Å². The lowest BCUT2D eigenvalue weighted by Crippen LogP contribution is -1.94. The van der Waals surface area contributed by atoms with Gasteiger partial charge in [0.15, 0.2) is 0 Å². The summed E-state index contributed by atoms with van der Waals surface area (Å²) in [5, 5.41) is 0. The lowest BCUT2D eigenvalue weighted by Gasteiger charge is -2.08. The van der Waals surface area contributed by atoms with Crippen molar-refractivity contribution >= 4 is 0 Å². The topological polar surface area (TPSA) is 12.5 Å². The second-order valence-corrected chi connectivity index (χ2v) is 5.20. The molecule has 2 aromatic carbocycles. The van der Waals surface area contributed by atoms with E-state index in [-0.39, 0.29) is 12.2 Å². The first-order valence-electron chi connectivity index (χ1n) is 6.45. The Morgan fingerprint density at radius 2 is 1.44 bits per heavy atom. The Morgan fingerprint density at radius 1 is 0.833 bits per heavy atom. The highest BCUT2D eigenvalue weighted by Crippen LogP contribution is 2.52. The fourth-order valence-corrected chi connectivity index (χ4v) is 2.87. The molecule has 0 spiro atoms. The van der Waals surface area contributed by atoms with Gasteiger partial charge in [-0.3, -0.25) is 0 Å². The molecule has 1 aliphatic heterocycles. The van der Waals surface area contributed by atoms with Crippen molar-refractivity contribution < 1.29 is 4.74 Å². The Labute approximate surface area is 108 Å². The Morgan fingerprint density at radius 3 is 2.06 bits per heavy atom. The molecule has 1 saturated heterocycles. The van der Waals surface area contributed by atoms with E-state index in [1.54, 1.807) is 0 Å². The van der Waals surface area contributed by atoms with E-state index < -0.39 is 0 Å². The number of hydrogen-bond donors (Lipinski definition) is 0. The molecule has 0 N–H and O–H groups in total. The first-order chi connectivity index (χ1) is 8.66. The van der Waals surface area contributed by atoms with Crippen molar-refractivity contribution in [2.45, 2.75) is 33.0 Å². The lowest BCUT2D eigenvalue weighted by molar-refractivity contribution is 0.377.